The van der Waals surface area contributed by atoms with Crippen molar-refractivity contribution in [2.75, 3.05) is 10.5 Å². The summed E-state index contributed by atoms with van der Waals surface area (Å²) < 4.78 is 26.2. The number of aromatic nitrogens is 4. The number of nitrogen functional groups attached to an aromatic ring is 1. The molecular weight excluding hydrogens is 290 g/mol. The van der Waals surface area contributed by atoms with Crippen LogP contribution in [0.3, 0.4) is 0 Å². The van der Waals surface area contributed by atoms with Crippen LogP contribution in [-0.4, -0.2) is 33.5 Å². The Kier molecular flexibility index (Phi) is 3.23. The van der Waals surface area contributed by atoms with Crippen LogP contribution in [0.15, 0.2) is 23.1 Å². The van der Waals surface area contributed by atoms with E-state index < -0.39 is 25.5 Å². The van der Waals surface area contributed by atoms with Gasteiger partial charge in [0.15, 0.2) is 4.90 Å². The molecule has 0 aliphatic carbocycles. The lowest BCUT2D eigenvalue weighted by Crippen LogP contribution is -2.16. The predicted octanol–water partition coefficient (Wildman–Crippen LogP) is -0.499. The molecule has 2 aromatic rings. The maximum atomic E-state index is 12.1. The van der Waals surface area contributed by atoms with E-state index in [1.54, 1.807) is 0 Å². The summed E-state index contributed by atoms with van der Waals surface area (Å²) in [5, 5.41) is 21.4. The number of anilines is 2. The molecule has 1 heterocycles. The summed E-state index contributed by atoms with van der Waals surface area (Å²) in [6.45, 7) is 0. The number of aryl methyl sites for hydroxylation is 1. The summed E-state index contributed by atoms with van der Waals surface area (Å²) >= 11 is 0. The van der Waals surface area contributed by atoms with Gasteiger partial charge in [0.1, 0.15) is 0 Å². The van der Waals surface area contributed by atoms with E-state index in [9.17, 15) is 18.5 Å². The minimum Gasteiger partial charge on any atom is -0.399 e. The van der Waals surface area contributed by atoms with Crippen molar-refractivity contribution in [3.63, 3.8) is 0 Å². The zero-order valence-electron chi connectivity index (χ0n) is 10.1. The van der Waals surface area contributed by atoms with Gasteiger partial charge in [0.25, 0.3) is 21.7 Å². The number of nitrogens with zero attached hydrogens (tertiary/aromatic N) is 5. The molecule has 0 saturated heterocycles. The van der Waals surface area contributed by atoms with Gasteiger partial charge in [-0.25, -0.2) is 13.1 Å². The zero-order valence-corrected chi connectivity index (χ0v) is 10.9. The number of tetrazole rings is 1. The Balaban J connectivity index is 2.48. The minimum atomic E-state index is -4.25. The highest BCUT2D eigenvalue weighted by atomic mass is 32.2. The first-order chi connectivity index (χ1) is 9.29. The van der Waals surface area contributed by atoms with Crippen LogP contribution in [0.25, 0.3) is 0 Å². The Morgan fingerprint density at radius 3 is 2.70 bits per heavy atom. The number of benzene rings is 1. The summed E-state index contributed by atoms with van der Waals surface area (Å²) in [7, 11) is -2.81. The molecule has 0 aliphatic heterocycles. The monoisotopic (exact) mass is 299 g/mol. The van der Waals surface area contributed by atoms with Crippen LogP contribution < -0.4 is 10.5 Å². The number of sulfonamides is 1. The van der Waals surface area contributed by atoms with Gasteiger partial charge < -0.3 is 5.73 Å². The number of rotatable bonds is 4. The summed E-state index contributed by atoms with van der Waals surface area (Å²) in [6, 6.07) is 3.22. The van der Waals surface area contributed by atoms with Gasteiger partial charge in [-0.15, -0.1) is 5.10 Å². The third-order valence-corrected chi connectivity index (χ3v) is 3.56. The molecule has 0 atom stereocenters. The fraction of sp³-hybridized carbons (Fsp3) is 0.125. The second-order valence-electron chi connectivity index (χ2n) is 3.69. The molecule has 3 N–H and O–H groups in total. The van der Waals surface area contributed by atoms with E-state index in [1.165, 1.54) is 13.1 Å². The summed E-state index contributed by atoms with van der Waals surface area (Å²) in [4.78, 5) is 10.5. The lowest BCUT2D eigenvalue weighted by molar-refractivity contribution is -0.387. The van der Waals surface area contributed by atoms with Crippen molar-refractivity contribution in [1.29, 1.82) is 0 Å². The van der Waals surface area contributed by atoms with Crippen molar-refractivity contribution in [2.45, 2.75) is 4.90 Å². The first kappa shape index (κ1) is 13.7. The van der Waals surface area contributed by atoms with E-state index in [4.69, 9.17) is 5.73 Å². The molecule has 0 saturated carbocycles. The number of hydrogen-bond donors (Lipinski definition) is 2. The highest BCUT2D eigenvalue weighted by Gasteiger charge is 2.27. The number of hydrogen-bond acceptors (Lipinski definition) is 8. The fourth-order valence-electron chi connectivity index (χ4n) is 1.40. The SMILES string of the molecule is Cn1nnc(NS(=O)(=O)c2cc(N)ccc2[N+](=O)[O-])n1. The highest BCUT2D eigenvalue weighted by molar-refractivity contribution is 7.92. The smallest absolute Gasteiger partial charge is 0.290 e. The quantitative estimate of drug-likeness (QED) is 0.434. The topological polar surface area (TPSA) is 159 Å². The van der Waals surface area contributed by atoms with Crippen molar-refractivity contribution < 1.29 is 13.3 Å². The van der Waals surface area contributed by atoms with Gasteiger partial charge in [-0.05, 0) is 17.3 Å². The van der Waals surface area contributed by atoms with E-state index in [0.717, 1.165) is 16.9 Å². The van der Waals surface area contributed by atoms with Gasteiger partial charge >= 0.3 is 0 Å². The van der Waals surface area contributed by atoms with Gasteiger partial charge in [-0.1, -0.05) is 5.10 Å². The minimum absolute atomic E-state index is 0.0723. The van der Waals surface area contributed by atoms with Crippen LogP contribution >= 0.6 is 0 Å². The lowest BCUT2D eigenvalue weighted by atomic mass is 10.3. The standard InChI is InChI=1S/C8H9N7O4S/c1-14-11-8(10-13-14)12-20(18,19)7-4-5(9)2-3-6(7)15(16)17/h2-4H,9H2,1H3,(H,11,12). The Hall–Kier alpha value is -2.76. The van der Waals surface area contributed by atoms with Gasteiger partial charge in [-0.3, -0.25) is 10.1 Å². The maximum Gasteiger partial charge on any atom is 0.290 e. The van der Waals surface area contributed by atoms with E-state index >= 15 is 0 Å². The van der Waals surface area contributed by atoms with Crippen LogP contribution in [0.2, 0.25) is 0 Å². The Morgan fingerprint density at radius 2 is 2.15 bits per heavy atom. The van der Waals surface area contributed by atoms with Crippen molar-refractivity contribution in [1.82, 2.24) is 20.2 Å². The first-order valence-electron chi connectivity index (χ1n) is 5.10. The number of nitro benzene ring substituents is 1. The largest absolute Gasteiger partial charge is 0.399 e. The Labute approximate surface area is 112 Å². The molecule has 0 unspecified atom stereocenters. The third kappa shape index (κ3) is 2.64. The predicted molar refractivity (Wildman–Crippen MR) is 67.1 cm³/mol. The number of nitro groups is 1. The van der Waals surface area contributed by atoms with E-state index in [2.05, 4.69) is 15.4 Å². The highest BCUT2D eigenvalue weighted by Crippen LogP contribution is 2.26. The van der Waals surface area contributed by atoms with E-state index in [0.29, 0.717) is 0 Å². The molecule has 0 bridgehead atoms. The lowest BCUT2D eigenvalue weighted by Gasteiger charge is -2.05. The van der Waals surface area contributed by atoms with Crippen molar-refractivity contribution in [3.05, 3.63) is 28.3 Å². The van der Waals surface area contributed by atoms with Crippen molar-refractivity contribution >= 4 is 27.3 Å². The Morgan fingerprint density at radius 1 is 1.45 bits per heavy atom. The van der Waals surface area contributed by atoms with Crippen LogP contribution in [0, 0.1) is 10.1 Å². The second kappa shape index (κ2) is 4.73. The number of nitrogens with two attached hydrogens (primary N) is 1. The van der Waals surface area contributed by atoms with Crippen LogP contribution in [0.4, 0.5) is 17.3 Å². The molecule has 0 spiro atoms. The summed E-state index contributed by atoms with van der Waals surface area (Å²) in [5.74, 6) is -0.302. The molecule has 0 amide bonds. The van der Waals surface area contributed by atoms with Crippen LogP contribution in [0.5, 0.6) is 0 Å². The average Bonchev–Trinajstić information content (AvgIpc) is 2.73. The average molecular weight is 299 g/mol. The van der Waals surface area contributed by atoms with E-state index in [-0.39, 0.29) is 11.6 Å². The molecule has 1 aromatic heterocycles. The number of nitrogens with one attached hydrogen (secondary N) is 1. The van der Waals surface area contributed by atoms with Gasteiger partial charge in [-0.2, -0.15) is 4.80 Å². The van der Waals surface area contributed by atoms with Gasteiger partial charge in [0, 0.05) is 11.8 Å². The summed E-state index contributed by atoms with van der Waals surface area (Å²) in [6.07, 6.45) is 0. The first-order valence-corrected chi connectivity index (χ1v) is 6.58. The normalized spacial score (nSPS) is 11.2. The van der Waals surface area contributed by atoms with Crippen molar-refractivity contribution in [2.24, 2.45) is 7.05 Å². The van der Waals surface area contributed by atoms with Crippen LogP contribution in [-0.2, 0) is 17.1 Å². The molecule has 0 aliphatic rings. The molecule has 11 nitrogen and oxygen atoms in total. The van der Waals surface area contributed by atoms with E-state index in [1.807, 2.05) is 4.72 Å². The zero-order chi connectivity index (χ0) is 14.9. The third-order valence-electron chi connectivity index (χ3n) is 2.20. The second-order valence-corrected chi connectivity index (χ2v) is 5.34. The fourth-order valence-corrected chi connectivity index (χ4v) is 2.54. The molecule has 20 heavy (non-hydrogen) atoms. The molecule has 106 valence electrons. The van der Waals surface area contributed by atoms with Crippen molar-refractivity contribution in [3.8, 4) is 0 Å². The van der Waals surface area contributed by atoms with Crippen LogP contribution in [0.1, 0.15) is 0 Å². The summed E-state index contributed by atoms with van der Waals surface area (Å²) in [5.41, 5.74) is 4.93. The Bertz CT molecular complexity index is 769. The van der Waals surface area contributed by atoms with Gasteiger partial charge in [0.2, 0.25) is 0 Å². The van der Waals surface area contributed by atoms with Gasteiger partial charge in [0.05, 0.1) is 12.0 Å². The molecule has 12 heteroatoms. The maximum absolute atomic E-state index is 12.1. The molecular formula is C8H9N7O4S. The molecule has 1 aromatic carbocycles. The molecule has 0 radical (unpaired) electrons. The molecule has 2 rings (SSSR count). The molecule has 0 fully saturated rings.